The maximum atomic E-state index is 12.3. The van der Waals surface area contributed by atoms with Crippen LogP contribution in [-0.2, 0) is 9.53 Å². The molecule has 1 N–H and O–H groups in total. The highest BCUT2D eigenvalue weighted by Crippen LogP contribution is 2.17. The first kappa shape index (κ1) is 11.9. The monoisotopic (exact) mass is 226 g/mol. The summed E-state index contributed by atoms with van der Waals surface area (Å²) < 4.78 is 5.35. The van der Waals surface area contributed by atoms with Crippen molar-refractivity contribution in [3.05, 3.63) is 0 Å². The topological polar surface area (TPSA) is 41.6 Å². The number of carbonyl (C=O) groups excluding carboxylic acids is 1. The predicted molar refractivity (Wildman–Crippen MR) is 62.3 cm³/mol. The number of nitrogens with zero attached hydrogens (tertiary/aromatic N) is 1. The third-order valence-electron chi connectivity index (χ3n) is 3.56. The average molecular weight is 226 g/mol. The summed E-state index contributed by atoms with van der Waals surface area (Å²) in [5, 5.41) is 3.24. The Balaban J connectivity index is 1.95. The highest BCUT2D eigenvalue weighted by Gasteiger charge is 2.29. The number of rotatable bonds is 1. The molecule has 16 heavy (non-hydrogen) atoms. The van der Waals surface area contributed by atoms with Crippen LogP contribution in [0.15, 0.2) is 0 Å². The molecule has 0 aromatic heterocycles. The quantitative estimate of drug-likeness (QED) is 0.718. The summed E-state index contributed by atoms with van der Waals surface area (Å²) in [5.74, 6) is 0.231. The SMILES string of the molecule is CC1CCCCCN1C(=O)C1COCCN1. The molecule has 4 nitrogen and oxygen atoms in total. The van der Waals surface area contributed by atoms with E-state index < -0.39 is 0 Å². The second-order valence-electron chi connectivity index (χ2n) is 4.81. The first-order valence-electron chi connectivity index (χ1n) is 6.40. The Morgan fingerprint density at radius 2 is 2.25 bits per heavy atom. The summed E-state index contributed by atoms with van der Waals surface area (Å²) in [4.78, 5) is 14.3. The molecule has 2 aliphatic heterocycles. The average Bonchev–Trinajstić information content (AvgIpc) is 2.54. The lowest BCUT2D eigenvalue weighted by molar-refractivity contribution is -0.138. The van der Waals surface area contributed by atoms with E-state index in [4.69, 9.17) is 4.74 Å². The van der Waals surface area contributed by atoms with Crippen LogP contribution in [0.25, 0.3) is 0 Å². The number of likely N-dealkylation sites (tertiary alicyclic amines) is 1. The third-order valence-corrected chi connectivity index (χ3v) is 3.56. The first-order valence-corrected chi connectivity index (χ1v) is 6.40. The van der Waals surface area contributed by atoms with Crippen molar-refractivity contribution in [2.45, 2.75) is 44.7 Å². The second-order valence-corrected chi connectivity index (χ2v) is 4.81. The van der Waals surface area contributed by atoms with Crippen molar-refractivity contribution in [2.75, 3.05) is 26.3 Å². The zero-order chi connectivity index (χ0) is 11.4. The molecule has 2 atom stereocenters. The lowest BCUT2D eigenvalue weighted by Crippen LogP contribution is -2.54. The van der Waals surface area contributed by atoms with Crippen LogP contribution in [0.1, 0.15) is 32.6 Å². The van der Waals surface area contributed by atoms with Crippen LogP contribution in [-0.4, -0.2) is 49.2 Å². The van der Waals surface area contributed by atoms with Gasteiger partial charge in [0.05, 0.1) is 13.2 Å². The molecular weight excluding hydrogens is 204 g/mol. The Labute approximate surface area is 97.3 Å². The molecule has 2 fully saturated rings. The van der Waals surface area contributed by atoms with E-state index in [1.807, 2.05) is 4.90 Å². The molecule has 2 rings (SSSR count). The summed E-state index contributed by atoms with van der Waals surface area (Å²) in [6, 6.07) is 0.271. The summed E-state index contributed by atoms with van der Waals surface area (Å²) in [7, 11) is 0. The molecule has 0 radical (unpaired) electrons. The van der Waals surface area contributed by atoms with Gasteiger partial charge in [0.15, 0.2) is 0 Å². The van der Waals surface area contributed by atoms with E-state index in [0.29, 0.717) is 12.6 Å². The van der Waals surface area contributed by atoms with Gasteiger partial charge in [-0.15, -0.1) is 0 Å². The number of carbonyl (C=O) groups is 1. The lowest BCUT2D eigenvalue weighted by Gasteiger charge is -2.32. The molecule has 0 saturated carbocycles. The van der Waals surface area contributed by atoms with Crippen LogP contribution in [0.4, 0.5) is 0 Å². The van der Waals surface area contributed by atoms with Gasteiger partial charge in [0, 0.05) is 19.1 Å². The molecular formula is C12H22N2O2. The first-order chi connectivity index (χ1) is 7.79. The molecule has 2 unspecified atom stereocenters. The molecule has 0 aromatic carbocycles. The van der Waals surface area contributed by atoms with Gasteiger partial charge < -0.3 is 15.0 Å². The maximum absolute atomic E-state index is 12.3. The fourth-order valence-corrected chi connectivity index (χ4v) is 2.53. The summed E-state index contributed by atoms with van der Waals surface area (Å²) in [6.45, 7) is 5.12. The minimum absolute atomic E-state index is 0.116. The van der Waals surface area contributed by atoms with Crippen molar-refractivity contribution >= 4 is 5.91 Å². The molecule has 0 aromatic rings. The van der Waals surface area contributed by atoms with E-state index in [1.165, 1.54) is 12.8 Å². The standard InChI is InChI=1S/C12H22N2O2/c1-10-5-3-2-4-7-14(10)12(15)11-9-16-8-6-13-11/h10-11,13H,2-9H2,1H3. The van der Waals surface area contributed by atoms with Gasteiger partial charge in [-0.3, -0.25) is 4.79 Å². The van der Waals surface area contributed by atoms with E-state index in [0.717, 1.165) is 32.5 Å². The maximum Gasteiger partial charge on any atom is 0.242 e. The van der Waals surface area contributed by atoms with Crippen LogP contribution in [0.5, 0.6) is 0 Å². The zero-order valence-corrected chi connectivity index (χ0v) is 10.1. The number of morpholine rings is 1. The highest BCUT2D eigenvalue weighted by molar-refractivity contribution is 5.82. The fraction of sp³-hybridized carbons (Fsp3) is 0.917. The third kappa shape index (κ3) is 2.74. The fourth-order valence-electron chi connectivity index (χ4n) is 2.53. The Hall–Kier alpha value is -0.610. The highest BCUT2D eigenvalue weighted by atomic mass is 16.5. The van der Waals surface area contributed by atoms with E-state index in [2.05, 4.69) is 12.2 Å². The van der Waals surface area contributed by atoms with E-state index in [1.54, 1.807) is 0 Å². The molecule has 2 heterocycles. The summed E-state index contributed by atoms with van der Waals surface area (Å²) in [5.41, 5.74) is 0. The van der Waals surface area contributed by atoms with Gasteiger partial charge >= 0.3 is 0 Å². The largest absolute Gasteiger partial charge is 0.378 e. The molecule has 0 spiro atoms. The van der Waals surface area contributed by atoms with Crippen LogP contribution >= 0.6 is 0 Å². The zero-order valence-electron chi connectivity index (χ0n) is 10.1. The van der Waals surface area contributed by atoms with E-state index in [9.17, 15) is 4.79 Å². The molecule has 1 amide bonds. The van der Waals surface area contributed by atoms with Crippen molar-refractivity contribution < 1.29 is 9.53 Å². The van der Waals surface area contributed by atoms with Gasteiger partial charge in [0.25, 0.3) is 0 Å². The van der Waals surface area contributed by atoms with Gasteiger partial charge in [-0.1, -0.05) is 12.8 Å². The van der Waals surface area contributed by atoms with Crippen molar-refractivity contribution in [1.29, 1.82) is 0 Å². The Morgan fingerprint density at radius 3 is 3.00 bits per heavy atom. The van der Waals surface area contributed by atoms with Crippen molar-refractivity contribution in [3.8, 4) is 0 Å². The Bertz CT molecular complexity index is 239. The van der Waals surface area contributed by atoms with Crippen LogP contribution in [0.2, 0.25) is 0 Å². The van der Waals surface area contributed by atoms with Crippen LogP contribution in [0, 0.1) is 0 Å². The minimum atomic E-state index is -0.116. The normalized spacial score (nSPS) is 32.2. The van der Waals surface area contributed by atoms with Gasteiger partial charge in [0.1, 0.15) is 6.04 Å². The van der Waals surface area contributed by atoms with E-state index >= 15 is 0 Å². The van der Waals surface area contributed by atoms with Gasteiger partial charge in [-0.25, -0.2) is 0 Å². The molecule has 4 heteroatoms. The van der Waals surface area contributed by atoms with Crippen LogP contribution in [0.3, 0.4) is 0 Å². The number of amides is 1. The molecule has 92 valence electrons. The predicted octanol–water partition coefficient (Wildman–Crippen LogP) is 0.766. The second kappa shape index (κ2) is 5.64. The smallest absolute Gasteiger partial charge is 0.242 e. The number of nitrogens with one attached hydrogen (secondary N) is 1. The van der Waals surface area contributed by atoms with Gasteiger partial charge in [0.2, 0.25) is 5.91 Å². The number of ether oxygens (including phenoxy) is 1. The number of hydrogen-bond donors (Lipinski definition) is 1. The minimum Gasteiger partial charge on any atom is -0.378 e. The van der Waals surface area contributed by atoms with Crippen LogP contribution < -0.4 is 5.32 Å². The molecule has 2 aliphatic rings. The Kier molecular flexibility index (Phi) is 4.18. The summed E-state index contributed by atoms with van der Waals surface area (Å²) in [6.07, 6.45) is 4.78. The molecule has 2 saturated heterocycles. The summed E-state index contributed by atoms with van der Waals surface area (Å²) >= 11 is 0. The van der Waals surface area contributed by atoms with E-state index in [-0.39, 0.29) is 11.9 Å². The Morgan fingerprint density at radius 1 is 1.38 bits per heavy atom. The van der Waals surface area contributed by atoms with Crippen molar-refractivity contribution in [2.24, 2.45) is 0 Å². The molecule has 0 aliphatic carbocycles. The van der Waals surface area contributed by atoms with Crippen molar-refractivity contribution in [3.63, 3.8) is 0 Å². The lowest BCUT2D eigenvalue weighted by atomic mass is 10.1. The number of hydrogen-bond acceptors (Lipinski definition) is 3. The van der Waals surface area contributed by atoms with Crippen molar-refractivity contribution in [1.82, 2.24) is 10.2 Å². The van der Waals surface area contributed by atoms with Gasteiger partial charge in [-0.05, 0) is 19.8 Å². The van der Waals surface area contributed by atoms with Gasteiger partial charge in [-0.2, -0.15) is 0 Å². The molecule has 0 bridgehead atoms.